The molecule has 0 fully saturated rings. The van der Waals surface area contributed by atoms with Crippen LogP contribution < -0.4 is 15.4 Å². The number of hydrogen-bond acceptors (Lipinski definition) is 3. The molecule has 130 valence electrons. The summed E-state index contributed by atoms with van der Waals surface area (Å²) in [6.45, 7) is 7.04. The van der Waals surface area contributed by atoms with Crippen molar-refractivity contribution in [3.63, 3.8) is 0 Å². The van der Waals surface area contributed by atoms with Gasteiger partial charge in [-0.15, -0.1) is 24.0 Å². The molecular weight excluding hydrogens is 421 g/mol. The van der Waals surface area contributed by atoms with Crippen molar-refractivity contribution in [3.8, 4) is 5.75 Å². The Morgan fingerprint density at radius 3 is 2.83 bits per heavy atom. The number of nitrogens with one attached hydrogen (secondary N) is 2. The average molecular weight is 449 g/mol. The molecule has 0 spiro atoms. The van der Waals surface area contributed by atoms with Gasteiger partial charge in [0.2, 0.25) is 0 Å². The predicted octanol–water partition coefficient (Wildman–Crippen LogP) is 3.09. The number of halogens is 1. The van der Waals surface area contributed by atoms with E-state index in [2.05, 4.69) is 53.9 Å². The number of benzene rings is 1. The molecule has 2 rings (SSSR count). The monoisotopic (exact) mass is 449 g/mol. The summed E-state index contributed by atoms with van der Waals surface area (Å²) < 4.78 is 5.75. The molecule has 0 bridgehead atoms. The van der Waals surface area contributed by atoms with Gasteiger partial charge in [0.25, 0.3) is 0 Å². The number of guanidine groups is 1. The van der Waals surface area contributed by atoms with E-state index in [1.54, 1.807) is 0 Å². The number of rotatable bonds is 6. The van der Waals surface area contributed by atoms with Crippen molar-refractivity contribution >= 4 is 41.7 Å². The molecule has 6 heteroatoms. The Bertz CT molecular complexity index is 535. The number of nitrogens with zero attached hydrogens (tertiary/aromatic N) is 1. The summed E-state index contributed by atoms with van der Waals surface area (Å²) in [5.41, 5.74) is 2.68. The molecule has 1 aliphatic heterocycles. The minimum atomic E-state index is 0. The Kier molecular flexibility index (Phi) is 8.53. The number of ether oxygens (including phenoxy) is 1. The zero-order valence-electron chi connectivity index (χ0n) is 14.4. The highest BCUT2D eigenvalue weighted by Gasteiger charge is 2.16. The fourth-order valence-corrected chi connectivity index (χ4v) is 2.53. The maximum absolute atomic E-state index is 5.54. The van der Waals surface area contributed by atoms with Crippen LogP contribution in [0.4, 0.5) is 0 Å². The van der Waals surface area contributed by atoms with Crippen molar-refractivity contribution in [2.75, 3.05) is 33.0 Å². The maximum atomic E-state index is 5.54. The SMILES string of the molecule is CN=C(NCCc1ccc2c(c1)CCO2)NCC(C)(C)SC.I. The molecule has 0 saturated heterocycles. The standard InChI is InChI=1S/C17H27N3OS.HI/c1-17(2,22-4)12-20-16(18-3)19-9-7-13-5-6-15-14(11-13)8-10-21-15;/h5-6,11H,7-10,12H2,1-4H3,(H2,18,19,20);1H. The molecule has 1 heterocycles. The van der Waals surface area contributed by atoms with Gasteiger partial charge in [-0.2, -0.15) is 11.8 Å². The summed E-state index contributed by atoms with van der Waals surface area (Å²) in [5, 5.41) is 6.77. The minimum Gasteiger partial charge on any atom is -0.493 e. The van der Waals surface area contributed by atoms with Crippen molar-refractivity contribution < 1.29 is 4.74 Å². The Hall–Kier alpha value is -0.630. The first-order valence-electron chi connectivity index (χ1n) is 7.78. The lowest BCUT2D eigenvalue weighted by atomic mass is 10.1. The summed E-state index contributed by atoms with van der Waals surface area (Å²) in [7, 11) is 1.81. The van der Waals surface area contributed by atoms with Crippen LogP contribution in [0, 0.1) is 0 Å². The molecule has 0 unspecified atom stereocenters. The normalized spacial score (nSPS) is 13.8. The van der Waals surface area contributed by atoms with Crippen molar-refractivity contribution in [2.45, 2.75) is 31.4 Å². The van der Waals surface area contributed by atoms with Crippen LogP contribution in [-0.4, -0.2) is 43.7 Å². The number of thioether (sulfide) groups is 1. The van der Waals surface area contributed by atoms with E-state index < -0.39 is 0 Å². The Balaban J connectivity index is 0.00000264. The second-order valence-electron chi connectivity index (χ2n) is 6.11. The van der Waals surface area contributed by atoms with Crippen LogP contribution in [0.1, 0.15) is 25.0 Å². The molecular formula is C17H28IN3OS. The van der Waals surface area contributed by atoms with E-state index in [1.807, 2.05) is 18.8 Å². The van der Waals surface area contributed by atoms with E-state index in [1.165, 1.54) is 11.1 Å². The summed E-state index contributed by atoms with van der Waals surface area (Å²) in [5.74, 6) is 1.92. The largest absolute Gasteiger partial charge is 0.493 e. The lowest BCUT2D eigenvalue weighted by Crippen LogP contribution is -2.43. The van der Waals surface area contributed by atoms with Crippen LogP contribution in [0.15, 0.2) is 23.2 Å². The van der Waals surface area contributed by atoms with Crippen LogP contribution in [0.2, 0.25) is 0 Å². The molecule has 0 aliphatic carbocycles. The zero-order valence-corrected chi connectivity index (χ0v) is 17.6. The third kappa shape index (κ3) is 6.41. The Morgan fingerprint density at radius 1 is 1.35 bits per heavy atom. The van der Waals surface area contributed by atoms with E-state index in [-0.39, 0.29) is 28.7 Å². The fourth-order valence-electron chi connectivity index (χ4n) is 2.31. The first-order valence-corrected chi connectivity index (χ1v) is 9.01. The molecule has 1 aromatic rings. The van der Waals surface area contributed by atoms with Crippen LogP contribution in [-0.2, 0) is 12.8 Å². The van der Waals surface area contributed by atoms with Gasteiger partial charge in [-0.1, -0.05) is 12.1 Å². The van der Waals surface area contributed by atoms with Crippen LogP contribution in [0.3, 0.4) is 0 Å². The number of hydrogen-bond donors (Lipinski definition) is 2. The summed E-state index contributed by atoms with van der Waals surface area (Å²) in [6.07, 6.45) is 4.15. The molecule has 0 radical (unpaired) electrons. The molecule has 0 aromatic heterocycles. The van der Waals surface area contributed by atoms with Gasteiger partial charge < -0.3 is 15.4 Å². The van der Waals surface area contributed by atoms with E-state index in [0.29, 0.717) is 0 Å². The summed E-state index contributed by atoms with van der Waals surface area (Å²) in [6, 6.07) is 6.50. The molecule has 1 aromatic carbocycles. The zero-order chi connectivity index (χ0) is 16.0. The van der Waals surface area contributed by atoms with Crippen molar-refractivity contribution in [2.24, 2.45) is 4.99 Å². The summed E-state index contributed by atoms with van der Waals surface area (Å²) >= 11 is 1.85. The van der Waals surface area contributed by atoms with Gasteiger partial charge in [0.15, 0.2) is 5.96 Å². The van der Waals surface area contributed by atoms with Gasteiger partial charge >= 0.3 is 0 Å². The Labute approximate surface area is 161 Å². The molecule has 4 nitrogen and oxygen atoms in total. The minimum absolute atomic E-state index is 0. The van der Waals surface area contributed by atoms with Gasteiger partial charge in [-0.25, -0.2) is 0 Å². The van der Waals surface area contributed by atoms with Gasteiger partial charge in [0.05, 0.1) is 6.61 Å². The van der Waals surface area contributed by atoms with E-state index in [0.717, 1.165) is 44.2 Å². The van der Waals surface area contributed by atoms with Crippen LogP contribution in [0.25, 0.3) is 0 Å². The molecule has 1 aliphatic rings. The Morgan fingerprint density at radius 2 is 2.13 bits per heavy atom. The summed E-state index contributed by atoms with van der Waals surface area (Å²) in [4.78, 5) is 4.28. The first kappa shape index (κ1) is 20.4. The molecule has 0 saturated carbocycles. The average Bonchev–Trinajstić information content (AvgIpc) is 2.98. The van der Waals surface area contributed by atoms with Crippen molar-refractivity contribution in [3.05, 3.63) is 29.3 Å². The predicted molar refractivity (Wildman–Crippen MR) is 112 cm³/mol. The van der Waals surface area contributed by atoms with Crippen LogP contribution in [0.5, 0.6) is 5.75 Å². The molecule has 23 heavy (non-hydrogen) atoms. The van der Waals surface area contributed by atoms with E-state index in [9.17, 15) is 0 Å². The number of fused-ring (bicyclic) bond motifs is 1. The van der Waals surface area contributed by atoms with Gasteiger partial charge in [-0.05, 0) is 43.7 Å². The van der Waals surface area contributed by atoms with Gasteiger partial charge in [-0.3, -0.25) is 4.99 Å². The highest BCUT2D eigenvalue weighted by atomic mass is 127. The third-order valence-corrected chi connectivity index (χ3v) is 5.17. The highest BCUT2D eigenvalue weighted by molar-refractivity contribution is 14.0. The topological polar surface area (TPSA) is 45.7 Å². The van der Waals surface area contributed by atoms with Crippen molar-refractivity contribution in [1.82, 2.24) is 10.6 Å². The smallest absolute Gasteiger partial charge is 0.191 e. The second kappa shape index (κ2) is 9.61. The van der Waals surface area contributed by atoms with E-state index in [4.69, 9.17) is 4.74 Å². The molecule has 0 amide bonds. The fraction of sp³-hybridized carbons (Fsp3) is 0.588. The van der Waals surface area contributed by atoms with Gasteiger partial charge in [0.1, 0.15) is 5.75 Å². The van der Waals surface area contributed by atoms with Crippen molar-refractivity contribution in [1.29, 1.82) is 0 Å². The third-order valence-electron chi connectivity index (χ3n) is 3.92. The quantitative estimate of drug-likeness (QED) is 0.398. The maximum Gasteiger partial charge on any atom is 0.191 e. The lowest BCUT2D eigenvalue weighted by Gasteiger charge is -2.23. The van der Waals surface area contributed by atoms with Gasteiger partial charge in [0, 0.05) is 31.3 Å². The highest BCUT2D eigenvalue weighted by Crippen LogP contribution is 2.25. The van der Waals surface area contributed by atoms with Crippen LogP contribution >= 0.6 is 35.7 Å². The lowest BCUT2D eigenvalue weighted by molar-refractivity contribution is 0.357. The molecule has 0 atom stereocenters. The van der Waals surface area contributed by atoms with E-state index >= 15 is 0 Å². The molecule has 2 N–H and O–H groups in total. The second-order valence-corrected chi connectivity index (χ2v) is 7.62. The number of aliphatic imine (C=N–C) groups is 1. The first-order chi connectivity index (χ1) is 10.5.